The summed E-state index contributed by atoms with van der Waals surface area (Å²) in [6.45, 7) is -0.763. The van der Waals surface area contributed by atoms with Gasteiger partial charge in [-0.15, -0.1) is 0 Å². The van der Waals surface area contributed by atoms with Gasteiger partial charge in [0.25, 0.3) is 0 Å². The van der Waals surface area contributed by atoms with E-state index >= 15 is 0 Å². The van der Waals surface area contributed by atoms with Crippen molar-refractivity contribution < 1.29 is 49.6 Å². The summed E-state index contributed by atoms with van der Waals surface area (Å²) in [7, 11) is 0. The molecule has 48 heavy (non-hydrogen) atoms. The fourth-order valence-corrected chi connectivity index (χ4v) is 7.85. The van der Waals surface area contributed by atoms with E-state index in [1.807, 2.05) is 48.5 Å². The zero-order chi connectivity index (χ0) is 33.4. The van der Waals surface area contributed by atoms with E-state index in [9.17, 15) is 35.4 Å². The lowest BCUT2D eigenvalue weighted by Gasteiger charge is -2.52. The summed E-state index contributed by atoms with van der Waals surface area (Å²) >= 11 is 0. The van der Waals surface area contributed by atoms with E-state index in [2.05, 4.69) is 4.98 Å². The third kappa shape index (κ3) is 4.58. The van der Waals surface area contributed by atoms with Crippen molar-refractivity contribution in [3.8, 4) is 11.5 Å². The number of hydrogen-bond donors (Lipinski definition) is 7. The van der Waals surface area contributed by atoms with Gasteiger partial charge in [-0.25, -0.2) is 4.79 Å². The van der Waals surface area contributed by atoms with E-state index in [0.29, 0.717) is 17.3 Å². The number of nitrogens with one attached hydrogen (secondary N) is 1. The van der Waals surface area contributed by atoms with Crippen molar-refractivity contribution >= 4 is 38.4 Å². The van der Waals surface area contributed by atoms with Gasteiger partial charge in [0.1, 0.15) is 18.0 Å². The highest BCUT2D eigenvalue weighted by Crippen LogP contribution is 2.55. The number of hydrogen-bond acceptors (Lipinski definition) is 10. The lowest BCUT2D eigenvalue weighted by Crippen LogP contribution is -2.70. The van der Waals surface area contributed by atoms with Gasteiger partial charge in [0, 0.05) is 18.4 Å². The number of benzene rings is 4. The van der Waals surface area contributed by atoms with Crippen molar-refractivity contribution in [3.63, 3.8) is 0 Å². The molecule has 7 N–H and O–H groups in total. The number of carbonyl (C=O) groups is 1. The van der Waals surface area contributed by atoms with E-state index in [1.54, 1.807) is 30.3 Å². The first-order valence-corrected chi connectivity index (χ1v) is 16.0. The minimum Gasteiger partial charge on any atom is -0.508 e. The minimum absolute atomic E-state index is 0.0685. The van der Waals surface area contributed by atoms with Gasteiger partial charge in [-0.05, 0) is 70.3 Å². The maximum absolute atomic E-state index is 14.2. The normalized spacial score (nSPS) is 30.1. The Kier molecular flexibility index (Phi) is 7.35. The van der Waals surface area contributed by atoms with Crippen LogP contribution in [0.4, 0.5) is 0 Å². The van der Waals surface area contributed by atoms with Gasteiger partial charge in [-0.3, -0.25) is 0 Å². The van der Waals surface area contributed by atoms with Crippen LogP contribution >= 0.6 is 0 Å². The van der Waals surface area contributed by atoms with Crippen molar-refractivity contribution in [1.82, 2.24) is 4.98 Å². The Morgan fingerprint density at radius 2 is 1.73 bits per heavy atom. The number of rotatable bonds is 7. The summed E-state index contributed by atoms with van der Waals surface area (Å²) < 4.78 is 18.3. The first-order chi connectivity index (χ1) is 23.1. The monoisotopic (exact) mass is 653 g/mol. The lowest BCUT2D eigenvalue weighted by atomic mass is 9.66. The Morgan fingerprint density at radius 3 is 2.46 bits per heavy atom. The maximum Gasteiger partial charge on any atom is 0.343 e. The topological polar surface area (TPSA) is 182 Å². The average molecular weight is 654 g/mol. The molecule has 8 unspecified atom stereocenters. The number of aromatic nitrogens is 1. The number of H-pyrrole nitrogens is 1. The quantitative estimate of drug-likeness (QED) is 0.0784. The van der Waals surface area contributed by atoms with Gasteiger partial charge >= 0.3 is 5.97 Å². The Hall–Kier alpha value is -4.33. The lowest BCUT2D eigenvalue weighted by molar-refractivity contribution is -0.326. The van der Waals surface area contributed by atoms with Crippen molar-refractivity contribution in [3.05, 3.63) is 96.2 Å². The van der Waals surface area contributed by atoms with Gasteiger partial charge in [0.2, 0.25) is 5.79 Å². The number of aliphatic hydroxyl groups excluding tert-OH is 3. The molecular formula is C37H35NO10. The summed E-state index contributed by atoms with van der Waals surface area (Å²) in [6, 6.07) is 22.2. The van der Waals surface area contributed by atoms with Crippen LogP contribution in [0, 0.1) is 11.8 Å². The Labute approximate surface area is 274 Å². The zero-order valence-electron chi connectivity index (χ0n) is 25.7. The highest BCUT2D eigenvalue weighted by atomic mass is 16.7. The van der Waals surface area contributed by atoms with Crippen LogP contribution in [0.25, 0.3) is 32.4 Å². The van der Waals surface area contributed by atoms with E-state index < -0.39 is 60.2 Å². The molecule has 0 amide bonds. The number of esters is 1. The van der Waals surface area contributed by atoms with E-state index in [1.165, 1.54) is 6.08 Å². The molecule has 11 nitrogen and oxygen atoms in total. The number of aromatic amines is 1. The molecule has 2 saturated heterocycles. The SMILES string of the molecule is O=C(Oc1c(CO)[nH]c2ccc3cc4ccccc4cc3c12)C1OC2(O)C(O)C=CC3CC(C(CO)Cc4ccc(O)cc4)OC1C32O. The second-order valence-electron chi connectivity index (χ2n) is 13.1. The van der Waals surface area contributed by atoms with E-state index in [0.717, 1.165) is 27.1 Å². The molecule has 0 bridgehead atoms. The minimum atomic E-state index is -2.59. The standard InChI is InChI=1S/C37H35NO10/c39-17-23(13-19-5-9-25(41)10-6-19)29-16-24-8-12-30(42)37(45)36(24,44)34(46-29)33(48-37)35(43)47-32-28(18-40)38-27-11-7-22-14-20-3-1-2-4-21(20)15-26(22)31(27)32/h1-12,14-15,23-24,29-30,33-34,38-42,44-45H,13,16-18H2. The highest BCUT2D eigenvalue weighted by molar-refractivity contribution is 6.14. The van der Waals surface area contributed by atoms with Crippen LogP contribution in [0.5, 0.6) is 11.5 Å². The second-order valence-corrected chi connectivity index (χ2v) is 13.1. The van der Waals surface area contributed by atoms with Crippen LogP contribution in [0.2, 0.25) is 0 Å². The first-order valence-electron chi connectivity index (χ1n) is 16.0. The molecule has 1 aliphatic carbocycles. The highest BCUT2D eigenvalue weighted by Gasteiger charge is 2.75. The Bertz CT molecular complexity index is 2070. The fourth-order valence-electron chi connectivity index (χ4n) is 7.85. The molecule has 2 aliphatic heterocycles. The smallest absolute Gasteiger partial charge is 0.343 e. The number of phenols is 1. The van der Waals surface area contributed by atoms with Gasteiger partial charge in [0.15, 0.2) is 17.5 Å². The van der Waals surface area contributed by atoms with Gasteiger partial charge < -0.3 is 49.8 Å². The second kappa shape index (κ2) is 11.4. The summed E-state index contributed by atoms with van der Waals surface area (Å²) in [5.74, 6) is -4.72. The van der Waals surface area contributed by atoms with E-state index in [-0.39, 0.29) is 30.2 Å². The molecule has 0 saturated carbocycles. The van der Waals surface area contributed by atoms with Crippen molar-refractivity contribution in [2.24, 2.45) is 11.8 Å². The van der Waals surface area contributed by atoms with Crippen LogP contribution in [0.1, 0.15) is 17.7 Å². The molecule has 8 atom stereocenters. The van der Waals surface area contributed by atoms with Crippen LogP contribution in [0.15, 0.2) is 84.9 Å². The number of ether oxygens (including phenoxy) is 3. The molecular weight excluding hydrogens is 618 g/mol. The molecule has 5 aromatic rings. The number of fused-ring (bicyclic) bond motifs is 4. The zero-order valence-corrected chi connectivity index (χ0v) is 25.7. The summed E-state index contributed by atoms with van der Waals surface area (Å²) in [4.78, 5) is 17.3. The van der Waals surface area contributed by atoms with Gasteiger partial charge in [-0.1, -0.05) is 54.6 Å². The van der Waals surface area contributed by atoms with Crippen LogP contribution in [0.3, 0.4) is 0 Å². The number of phenolic OH excluding ortho intramolecular Hbond substituents is 1. The number of aromatic hydroxyl groups is 1. The fraction of sp³-hybridized carbons (Fsp3) is 0.324. The summed E-state index contributed by atoms with van der Waals surface area (Å²) in [5, 5.41) is 69.3. The summed E-state index contributed by atoms with van der Waals surface area (Å²) in [6.07, 6.45) is -2.14. The van der Waals surface area contributed by atoms with Gasteiger partial charge in [0.05, 0.1) is 29.3 Å². The molecule has 11 heteroatoms. The van der Waals surface area contributed by atoms with Crippen LogP contribution in [-0.4, -0.2) is 84.0 Å². The van der Waals surface area contributed by atoms with Crippen molar-refractivity contribution in [1.29, 1.82) is 0 Å². The molecule has 8 rings (SSSR count). The molecule has 0 radical (unpaired) electrons. The Balaban J connectivity index is 1.17. The predicted octanol–water partition coefficient (Wildman–Crippen LogP) is 2.95. The van der Waals surface area contributed by atoms with E-state index in [4.69, 9.17) is 14.2 Å². The van der Waals surface area contributed by atoms with Crippen molar-refractivity contribution in [2.75, 3.05) is 6.61 Å². The maximum atomic E-state index is 14.2. The van der Waals surface area contributed by atoms with Crippen LogP contribution in [-0.2, 0) is 27.3 Å². The van der Waals surface area contributed by atoms with Crippen LogP contribution < -0.4 is 4.74 Å². The molecule has 0 spiro atoms. The third-order valence-corrected chi connectivity index (χ3v) is 10.3. The third-order valence-electron chi connectivity index (χ3n) is 10.3. The molecule has 248 valence electrons. The summed E-state index contributed by atoms with van der Waals surface area (Å²) in [5.41, 5.74) is -0.539. The van der Waals surface area contributed by atoms with Gasteiger partial charge in [-0.2, -0.15) is 0 Å². The molecule has 3 heterocycles. The number of carbonyl (C=O) groups excluding carboxylic acids is 1. The molecule has 1 aromatic heterocycles. The first kappa shape index (κ1) is 31.0. The molecule has 3 aliphatic rings. The largest absolute Gasteiger partial charge is 0.508 e. The Morgan fingerprint density at radius 1 is 0.979 bits per heavy atom. The van der Waals surface area contributed by atoms with Crippen molar-refractivity contribution in [2.45, 2.75) is 55.3 Å². The molecule has 2 fully saturated rings. The average Bonchev–Trinajstić information content (AvgIpc) is 3.57. The molecule has 4 aromatic carbocycles. The predicted molar refractivity (Wildman–Crippen MR) is 174 cm³/mol. The number of aliphatic hydroxyl groups is 5.